The van der Waals surface area contributed by atoms with Gasteiger partial charge in [0, 0.05) is 32.4 Å². The third-order valence-electron chi connectivity index (χ3n) is 6.06. The molecule has 12 nitrogen and oxygen atoms in total. The lowest BCUT2D eigenvalue weighted by atomic mass is 10.2. The van der Waals surface area contributed by atoms with E-state index in [1.165, 1.54) is 39.6 Å². The number of hydrogen-bond donors (Lipinski definition) is 1. The van der Waals surface area contributed by atoms with E-state index < -0.39 is 29.1 Å². The average molecular weight is 483 g/mol. The maximum Gasteiger partial charge on any atom is 0.414 e. The molecule has 0 spiro atoms. The van der Waals surface area contributed by atoms with Crippen molar-refractivity contribution in [2.75, 3.05) is 36.0 Å². The van der Waals surface area contributed by atoms with Crippen LogP contribution in [-0.4, -0.2) is 63.6 Å². The fourth-order valence-corrected chi connectivity index (χ4v) is 4.36. The van der Waals surface area contributed by atoms with Gasteiger partial charge in [0.2, 0.25) is 5.91 Å². The first kappa shape index (κ1) is 22.5. The molecule has 2 amide bonds. The first-order chi connectivity index (χ1) is 16.8. The molecule has 0 saturated carbocycles. The zero-order valence-corrected chi connectivity index (χ0v) is 18.8. The number of rotatable bonds is 4. The molecular weight excluding hydrogens is 461 g/mol. The van der Waals surface area contributed by atoms with Crippen molar-refractivity contribution in [3.8, 4) is 0 Å². The number of fused-ring (bicyclic) bond motifs is 2. The number of carbonyl (C=O) groups is 2. The van der Waals surface area contributed by atoms with Crippen molar-refractivity contribution in [1.82, 2.24) is 24.6 Å². The maximum absolute atomic E-state index is 15.2. The quantitative estimate of drug-likeness (QED) is 0.552. The SMILES string of the molecule is CC(=O)NCC1CN(c2ccc(N3CCn4c(=O)c5nccnc5c(=O)n4CC3)c(F)c2)C(=O)O1. The van der Waals surface area contributed by atoms with E-state index in [2.05, 4.69) is 15.3 Å². The van der Waals surface area contributed by atoms with Crippen molar-refractivity contribution in [2.45, 2.75) is 26.1 Å². The zero-order valence-electron chi connectivity index (χ0n) is 18.8. The first-order valence-electron chi connectivity index (χ1n) is 11.0. The van der Waals surface area contributed by atoms with Crippen LogP contribution in [0.25, 0.3) is 11.0 Å². The van der Waals surface area contributed by atoms with Gasteiger partial charge in [-0.1, -0.05) is 0 Å². The lowest BCUT2D eigenvalue weighted by molar-refractivity contribution is -0.119. The highest BCUT2D eigenvalue weighted by molar-refractivity contribution is 5.90. The van der Waals surface area contributed by atoms with Gasteiger partial charge in [-0.3, -0.25) is 19.3 Å². The van der Waals surface area contributed by atoms with Gasteiger partial charge in [-0.05, 0) is 18.2 Å². The van der Waals surface area contributed by atoms with Crippen molar-refractivity contribution in [3.63, 3.8) is 0 Å². The Kier molecular flexibility index (Phi) is 5.67. The smallest absolute Gasteiger partial charge is 0.414 e. The number of aromatic nitrogens is 4. The molecule has 1 N–H and O–H groups in total. The minimum absolute atomic E-state index is 0.00652. The van der Waals surface area contributed by atoms with Crippen LogP contribution in [0.4, 0.5) is 20.6 Å². The van der Waals surface area contributed by atoms with Crippen LogP contribution < -0.4 is 26.2 Å². The van der Waals surface area contributed by atoms with Crippen LogP contribution in [0.15, 0.2) is 40.2 Å². The van der Waals surface area contributed by atoms with E-state index >= 15 is 4.39 Å². The van der Waals surface area contributed by atoms with Crippen LogP contribution in [0.2, 0.25) is 0 Å². The van der Waals surface area contributed by atoms with E-state index in [1.807, 2.05) is 0 Å². The van der Waals surface area contributed by atoms with Gasteiger partial charge in [-0.2, -0.15) is 0 Å². The molecule has 1 unspecified atom stereocenters. The number of halogens is 1. The number of hydrogen-bond acceptors (Lipinski definition) is 8. The van der Waals surface area contributed by atoms with E-state index in [1.54, 1.807) is 17.0 Å². The van der Waals surface area contributed by atoms with Crippen molar-refractivity contribution in [3.05, 3.63) is 57.1 Å². The number of nitrogens with one attached hydrogen (secondary N) is 1. The van der Waals surface area contributed by atoms with Gasteiger partial charge in [0.25, 0.3) is 11.1 Å². The number of benzene rings is 1. The standard InChI is InChI=1S/C22H22FN7O5/c1-13(31)26-11-15-12-28(22(34)35-15)14-2-3-17(16(23)10-14)27-6-8-29-20(32)18-19(25-5-4-24-18)21(33)30(29)9-7-27/h2-5,10,15H,6-9,11-12H2,1H3,(H,26,31). The predicted octanol–water partition coefficient (Wildman–Crippen LogP) is 0.0738. The largest absolute Gasteiger partial charge is 0.442 e. The third kappa shape index (κ3) is 4.09. The molecule has 2 aromatic heterocycles. The number of anilines is 2. The summed E-state index contributed by atoms with van der Waals surface area (Å²) in [4.78, 5) is 60.1. The second-order valence-electron chi connectivity index (χ2n) is 8.29. The maximum atomic E-state index is 15.2. The van der Waals surface area contributed by atoms with Crippen LogP contribution in [-0.2, 0) is 22.6 Å². The Hall–Kier alpha value is -4.29. The summed E-state index contributed by atoms with van der Waals surface area (Å²) in [5.41, 5.74) is -0.223. The van der Waals surface area contributed by atoms with Crippen LogP contribution in [0.5, 0.6) is 0 Å². The summed E-state index contributed by atoms with van der Waals surface area (Å²) in [6.07, 6.45) is 1.57. The minimum Gasteiger partial charge on any atom is -0.442 e. The Balaban J connectivity index is 1.36. The molecule has 0 radical (unpaired) electrons. The summed E-state index contributed by atoms with van der Waals surface area (Å²) in [7, 11) is 0. The van der Waals surface area contributed by atoms with Gasteiger partial charge in [0.05, 0.1) is 37.6 Å². The molecular formula is C22H22FN7O5. The average Bonchev–Trinajstić information content (AvgIpc) is 3.07. The highest BCUT2D eigenvalue weighted by atomic mass is 19.1. The number of ether oxygens (including phenoxy) is 1. The Morgan fingerprint density at radius 2 is 1.69 bits per heavy atom. The van der Waals surface area contributed by atoms with Crippen LogP contribution >= 0.6 is 0 Å². The van der Waals surface area contributed by atoms with Gasteiger partial charge in [-0.25, -0.2) is 28.5 Å². The lowest BCUT2D eigenvalue weighted by Gasteiger charge is -2.23. The molecule has 5 rings (SSSR count). The molecule has 1 atom stereocenters. The molecule has 1 saturated heterocycles. The Labute approximate surface area is 197 Å². The number of nitrogens with zero attached hydrogens (tertiary/aromatic N) is 6. The second kappa shape index (κ2) is 8.81. The summed E-state index contributed by atoms with van der Waals surface area (Å²) in [5.74, 6) is -0.792. The minimum atomic E-state index is -0.620. The van der Waals surface area contributed by atoms with Gasteiger partial charge >= 0.3 is 6.09 Å². The highest BCUT2D eigenvalue weighted by Gasteiger charge is 2.33. The van der Waals surface area contributed by atoms with Crippen LogP contribution in [0, 0.1) is 5.82 Å². The molecule has 3 aromatic rings. The van der Waals surface area contributed by atoms with E-state index in [-0.39, 0.29) is 61.9 Å². The predicted molar refractivity (Wildman–Crippen MR) is 123 cm³/mol. The number of carbonyl (C=O) groups excluding carboxylic acids is 2. The van der Waals surface area contributed by atoms with Gasteiger partial charge < -0.3 is 15.0 Å². The fraction of sp³-hybridized carbons (Fsp3) is 0.364. The van der Waals surface area contributed by atoms with E-state index in [4.69, 9.17) is 4.74 Å². The number of amides is 2. The molecule has 1 aromatic carbocycles. The molecule has 0 bridgehead atoms. The summed E-state index contributed by atoms with van der Waals surface area (Å²) >= 11 is 0. The third-order valence-corrected chi connectivity index (χ3v) is 6.06. The Bertz CT molecular complexity index is 1390. The van der Waals surface area contributed by atoms with E-state index in [0.717, 1.165) is 0 Å². The van der Waals surface area contributed by atoms with E-state index in [0.29, 0.717) is 5.69 Å². The van der Waals surface area contributed by atoms with Crippen LogP contribution in [0.3, 0.4) is 0 Å². The molecule has 2 aliphatic heterocycles. The first-order valence-corrected chi connectivity index (χ1v) is 11.0. The van der Waals surface area contributed by atoms with Gasteiger partial charge in [-0.15, -0.1) is 0 Å². The summed E-state index contributed by atoms with van der Waals surface area (Å²) in [6.45, 7) is 2.60. The van der Waals surface area contributed by atoms with Crippen molar-refractivity contribution in [2.24, 2.45) is 0 Å². The lowest BCUT2D eigenvalue weighted by Crippen LogP contribution is -2.39. The van der Waals surface area contributed by atoms with Crippen molar-refractivity contribution >= 4 is 34.4 Å². The van der Waals surface area contributed by atoms with E-state index in [9.17, 15) is 19.2 Å². The molecule has 182 valence electrons. The van der Waals surface area contributed by atoms with Crippen molar-refractivity contribution in [1.29, 1.82) is 0 Å². The second-order valence-corrected chi connectivity index (χ2v) is 8.29. The normalized spacial score (nSPS) is 17.8. The Morgan fingerprint density at radius 3 is 2.26 bits per heavy atom. The topological polar surface area (TPSA) is 132 Å². The van der Waals surface area contributed by atoms with Crippen molar-refractivity contribution < 1.29 is 18.7 Å². The molecule has 0 aliphatic carbocycles. The zero-order chi connectivity index (χ0) is 24.7. The molecule has 4 heterocycles. The van der Waals surface area contributed by atoms with Gasteiger partial charge in [0.15, 0.2) is 11.0 Å². The fourth-order valence-electron chi connectivity index (χ4n) is 4.36. The van der Waals surface area contributed by atoms with Crippen LogP contribution in [0.1, 0.15) is 6.92 Å². The molecule has 2 aliphatic rings. The highest BCUT2D eigenvalue weighted by Crippen LogP contribution is 2.28. The molecule has 35 heavy (non-hydrogen) atoms. The summed E-state index contributed by atoms with van der Waals surface area (Å²) in [6, 6.07) is 4.41. The van der Waals surface area contributed by atoms with Gasteiger partial charge in [0.1, 0.15) is 11.9 Å². The number of cyclic esters (lactones) is 1. The Morgan fingerprint density at radius 1 is 1.06 bits per heavy atom. The summed E-state index contributed by atoms with van der Waals surface area (Å²) in [5, 5.41) is 2.60. The summed E-state index contributed by atoms with van der Waals surface area (Å²) < 4.78 is 23.1. The monoisotopic (exact) mass is 483 g/mol. The molecule has 13 heteroatoms. The molecule has 1 fully saturated rings.